The van der Waals surface area contributed by atoms with E-state index >= 15 is 0 Å². The number of nitrogens with zero attached hydrogens (tertiary/aromatic N) is 3. The molecule has 150 valence electrons. The second-order valence-electron chi connectivity index (χ2n) is 7.19. The lowest BCUT2D eigenvalue weighted by molar-refractivity contribution is -0.136. The van der Waals surface area contributed by atoms with E-state index in [-0.39, 0.29) is 12.0 Å². The highest BCUT2D eigenvalue weighted by Crippen LogP contribution is 2.40. The Hall–Kier alpha value is -2.10. The van der Waals surface area contributed by atoms with Gasteiger partial charge in [0.25, 0.3) is 0 Å². The third-order valence-electron chi connectivity index (χ3n) is 4.68. The molecule has 1 aromatic carbocycles. The van der Waals surface area contributed by atoms with E-state index in [0.29, 0.717) is 6.42 Å². The quantitative estimate of drug-likeness (QED) is 0.448. The fourth-order valence-electron chi connectivity index (χ4n) is 2.56. The molecule has 0 aliphatic heterocycles. The number of aryl methyl sites for hydroxylation is 1. The van der Waals surface area contributed by atoms with Crippen LogP contribution in [0.5, 0.6) is 0 Å². The highest BCUT2D eigenvalue weighted by molar-refractivity contribution is 7.97. The highest BCUT2D eigenvalue weighted by Gasteiger charge is 2.37. The summed E-state index contributed by atoms with van der Waals surface area (Å²) in [7, 11) is 3.62. The van der Waals surface area contributed by atoms with E-state index in [1.54, 1.807) is 25.2 Å². The van der Waals surface area contributed by atoms with Crippen molar-refractivity contribution in [2.45, 2.75) is 43.0 Å². The Morgan fingerprint density at radius 1 is 1.39 bits per heavy atom. The van der Waals surface area contributed by atoms with Gasteiger partial charge in [0.05, 0.1) is 17.8 Å². The largest absolute Gasteiger partial charge is 0.481 e. The van der Waals surface area contributed by atoms with Crippen LogP contribution >= 0.6 is 23.3 Å². The maximum Gasteiger partial charge on any atom is 0.303 e. The van der Waals surface area contributed by atoms with Gasteiger partial charge in [0.1, 0.15) is 0 Å². The number of anilines is 3. The molecule has 0 spiro atoms. The van der Waals surface area contributed by atoms with Crippen molar-refractivity contribution in [3.05, 3.63) is 29.3 Å². The summed E-state index contributed by atoms with van der Waals surface area (Å²) >= 11 is 3.06. The zero-order valence-corrected chi connectivity index (χ0v) is 17.8. The van der Waals surface area contributed by atoms with Crippen molar-refractivity contribution in [1.29, 1.82) is 0 Å². The highest BCUT2D eigenvalue weighted by atomic mass is 32.2. The summed E-state index contributed by atoms with van der Waals surface area (Å²) in [4.78, 5) is 32.0. The Labute approximate surface area is 172 Å². The predicted molar refractivity (Wildman–Crippen MR) is 114 cm³/mol. The SMILES string of the molecule is CN(C=O)c1ccc(SNC2(C)CC2)cc1N(C)c1ncc(CCC(=O)O)s1. The molecule has 1 fully saturated rings. The van der Waals surface area contributed by atoms with Gasteiger partial charge in [0.2, 0.25) is 6.41 Å². The minimum absolute atomic E-state index is 0.0844. The Balaban J connectivity index is 1.83. The molecule has 1 heterocycles. The minimum Gasteiger partial charge on any atom is -0.481 e. The smallest absolute Gasteiger partial charge is 0.303 e. The molecule has 7 nitrogen and oxygen atoms in total. The molecule has 0 saturated heterocycles. The van der Waals surface area contributed by atoms with Crippen LogP contribution in [0.25, 0.3) is 0 Å². The number of benzene rings is 1. The van der Waals surface area contributed by atoms with E-state index in [9.17, 15) is 9.59 Å². The van der Waals surface area contributed by atoms with Gasteiger partial charge in [-0.3, -0.25) is 14.3 Å². The van der Waals surface area contributed by atoms with Crippen LogP contribution in [-0.2, 0) is 16.0 Å². The van der Waals surface area contributed by atoms with E-state index in [0.717, 1.165) is 32.7 Å². The molecule has 9 heteroatoms. The number of carbonyl (C=O) groups is 2. The van der Waals surface area contributed by atoms with Crippen LogP contribution in [-0.4, -0.2) is 42.1 Å². The Morgan fingerprint density at radius 3 is 2.79 bits per heavy atom. The number of hydrogen-bond donors (Lipinski definition) is 2. The second kappa shape index (κ2) is 8.50. The maximum atomic E-state index is 11.3. The standard InChI is InChI=1S/C19H24N4O3S2/c1-19(8-9-19)21-28-13-4-6-15(22(2)12-24)16(10-13)23(3)18-20-11-14(27-18)5-7-17(25)26/h4,6,10-12,21H,5,7-9H2,1-3H3,(H,25,26). The summed E-state index contributed by atoms with van der Waals surface area (Å²) < 4.78 is 3.50. The molecule has 1 amide bonds. The number of thiazole rings is 1. The first-order valence-corrected chi connectivity index (χ1v) is 10.6. The molecule has 0 unspecified atom stereocenters. The molecule has 0 atom stereocenters. The summed E-state index contributed by atoms with van der Waals surface area (Å²) in [6, 6.07) is 5.96. The summed E-state index contributed by atoms with van der Waals surface area (Å²) in [5, 5.41) is 9.62. The van der Waals surface area contributed by atoms with Crippen molar-refractivity contribution in [3.8, 4) is 0 Å². The molecule has 28 heavy (non-hydrogen) atoms. The van der Waals surface area contributed by atoms with E-state index < -0.39 is 5.97 Å². The van der Waals surface area contributed by atoms with Crippen molar-refractivity contribution in [2.75, 3.05) is 23.9 Å². The van der Waals surface area contributed by atoms with E-state index in [4.69, 9.17) is 5.11 Å². The van der Waals surface area contributed by atoms with Crippen LogP contribution in [0.2, 0.25) is 0 Å². The van der Waals surface area contributed by atoms with Crippen LogP contribution in [0.15, 0.2) is 29.3 Å². The first kappa shape index (κ1) is 20.6. The second-order valence-corrected chi connectivity index (χ2v) is 9.17. The molecular formula is C19H24N4O3S2. The van der Waals surface area contributed by atoms with Crippen molar-refractivity contribution in [3.63, 3.8) is 0 Å². The molecule has 2 aromatic rings. The number of carboxylic acid groups (broad SMARTS) is 1. The maximum absolute atomic E-state index is 11.3. The van der Waals surface area contributed by atoms with Gasteiger partial charge in [-0.05, 0) is 56.3 Å². The number of hydrogen-bond acceptors (Lipinski definition) is 7. The number of rotatable bonds is 10. The van der Waals surface area contributed by atoms with Crippen LogP contribution in [0.1, 0.15) is 31.1 Å². The average Bonchev–Trinajstić information content (AvgIpc) is 3.24. The average molecular weight is 421 g/mol. The Bertz CT molecular complexity index is 867. The van der Waals surface area contributed by atoms with E-state index in [2.05, 4.69) is 16.6 Å². The molecule has 1 aliphatic rings. The summed E-state index contributed by atoms with van der Waals surface area (Å²) in [6.07, 6.45) is 5.40. The third-order valence-corrected chi connectivity index (χ3v) is 6.89. The molecule has 2 N–H and O–H groups in total. The Morgan fingerprint density at radius 2 is 2.14 bits per heavy atom. The normalized spacial score (nSPS) is 14.5. The van der Waals surface area contributed by atoms with Gasteiger partial charge in [0.15, 0.2) is 5.13 Å². The Kier molecular flexibility index (Phi) is 6.26. The third kappa shape index (κ3) is 5.03. The lowest BCUT2D eigenvalue weighted by Crippen LogP contribution is -2.21. The molecule has 3 rings (SSSR count). The topological polar surface area (TPSA) is 85.8 Å². The summed E-state index contributed by atoms with van der Waals surface area (Å²) in [5.74, 6) is -0.820. The van der Waals surface area contributed by atoms with Crippen LogP contribution in [0, 0.1) is 0 Å². The minimum atomic E-state index is -0.820. The van der Waals surface area contributed by atoms with Crippen LogP contribution < -0.4 is 14.5 Å². The monoisotopic (exact) mass is 420 g/mol. The van der Waals surface area contributed by atoms with Crippen molar-refractivity contribution >= 4 is 52.2 Å². The van der Waals surface area contributed by atoms with Gasteiger partial charge in [-0.15, -0.1) is 11.3 Å². The zero-order chi connectivity index (χ0) is 20.3. The number of nitrogens with one attached hydrogen (secondary N) is 1. The number of carboxylic acids is 1. The number of aromatic nitrogens is 1. The van der Waals surface area contributed by atoms with Gasteiger partial charge in [-0.25, -0.2) is 4.98 Å². The van der Waals surface area contributed by atoms with E-state index in [1.807, 2.05) is 30.1 Å². The molecule has 0 bridgehead atoms. The molecule has 1 aromatic heterocycles. The summed E-state index contributed by atoms with van der Waals surface area (Å²) in [5.41, 5.74) is 1.85. The zero-order valence-electron chi connectivity index (χ0n) is 16.1. The number of carbonyl (C=O) groups excluding carboxylic acids is 1. The van der Waals surface area contributed by atoms with Gasteiger partial charge < -0.3 is 14.9 Å². The number of aliphatic carboxylic acids is 1. The predicted octanol–water partition coefficient (Wildman–Crippen LogP) is 3.67. The first-order chi connectivity index (χ1) is 13.3. The van der Waals surface area contributed by atoms with Crippen molar-refractivity contribution < 1.29 is 14.7 Å². The first-order valence-electron chi connectivity index (χ1n) is 8.98. The fourth-order valence-corrected chi connectivity index (χ4v) is 4.32. The van der Waals surface area contributed by atoms with Gasteiger partial charge >= 0.3 is 5.97 Å². The van der Waals surface area contributed by atoms with Crippen molar-refractivity contribution in [2.24, 2.45) is 0 Å². The van der Waals surface area contributed by atoms with Gasteiger partial charge in [0, 0.05) is 35.6 Å². The van der Waals surface area contributed by atoms with Crippen LogP contribution in [0.3, 0.4) is 0 Å². The molecule has 1 aliphatic carbocycles. The molecule has 1 saturated carbocycles. The number of amides is 1. The summed E-state index contributed by atoms with van der Waals surface area (Å²) in [6.45, 7) is 2.20. The van der Waals surface area contributed by atoms with Crippen LogP contribution in [0.4, 0.5) is 16.5 Å². The van der Waals surface area contributed by atoms with Gasteiger partial charge in [-0.2, -0.15) is 0 Å². The van der Waals surface area contributed by atoms with Crippen molar-refractivity contribution in [1.82, 2.24) is 9.71 Å². The van der Waals surface area contributed by atoms with Gasteiger partial charge in [-0.1, -0.05) is 0 Å². The van der Waals surface area contributed by atoms with E-state index in [1.165, 1.54) is 29.1 Å². The lowest BCUT2D eigenvalue weighted by Gasteiger charge is -2.24. The molecule has 0 radical (unpaired) electrons. The fraction of sp³-hybridized carbons (Fsp3) is 0.421. The molecular weight excluding hydrogens is 396 g/mol. The lowest BCUT2D eigenvalue weighted by atomic mass is 10.2.